The highest BCUT2D eigenvalue weighted by Gasteiger charge is 2.44. The topological polar surface area (TPSA) is 64.7 Å². The molecule has 0 saturated carbocycles. The summed E-state index contributed by atoms with van der Waals surface area (Å²) in [5.41, 5.74) is 0. The van der Waals surface area contributed by atoms with E-state index in [9.17, 15) is 22.8 Å². The minimum absolute atomic E-state index is 0.225. The van der Waals surface area contributed by atoms with E-state index in [-0.39, 0.29) is 5.91 Å². The average molecular weight is 336 g/mol. The van der Waals surface area contributed by atoms with Crippen molar-refractivity contribution in [1.29, 1.82) is 0 Å². The molecule has 0 aromatic heterocycles. The summed E-state index contributed by atoms with van der Waals surface area (Å²) in [7, 11) is 0. The fraction of sp³-hybridized carbons (Fsp3) is 0.857. The van der Waals surface area contributed by atoms with E-state index in [1.165, 1.54) is 16.7 Å². The van der Waals surface area contributed by atoms with Crippen LogP contribution in [0.5, 0.6) is 0 Å². The van der Waals surface area contributed by atoms with E-state index in [4.69, 9.17) is 0 Å². The van der Waals surface area contributed by atoms with Crippen molar-refractivity contribution in [2.45, 2.75) is 38.0 Å². The third kappa shape index (κ3) is 4.57. The Labute approximate surface area is 133 Å². The van der Waals surface area contributed by atoms with Crippen molar-refractivity contribution in [3.8, 4) is 0 Å². The smallest absolute Gasteiger partial charge is 0.352 e. The standard InChI is InChI=1S/C14H23F3N4O2/c1-10(22)21-6-2-3-11(21)13(23)19-9-12(14(15,16)17)20-7-4-18-5-8-20/h11-12,18H,2-9H2,1H3,(H,19,23). The first-order valence-corrected chi connectivity index (χ1v) is 7.87. The van der Waals surface area contributed by atoms with Crippen LogP contribution in [0.15, 0.2) is 0 Å². The van der Waals surface area contributed by atoms with E-state index in [2.05, 4.69) is 10.6 Å². The molecule has 0 spiro atoms. The fourth-order valence-electron chi connectivity index (χ4n) is 3.18. The number of rotatable bonds is 4. The number of halogens is 3. The van der Waals surface area contributed by atoms with Crippen molar-refractivity contribution in [2.75, 3.05) is 39.3 Å². The molecule has 0 aliphatic carbocycles. The summed E-state index contributed by atoms with van der Waals surface area (Å²) >= 11 is 0. The number of hydrogen-bond acceptors (Lipinski definition) is 4. The number of hydrogen-bond donors (Lipinski definition) is 2. The second-order valence-corrected chi connectivity index (χ2v) is 5.96. The summed E-state index contributed by atoms with van der Waals surface area (Å²) in [5.74, 6) is -0.723. The van der Waals surface area contributed by atoms with E-state index in [1.54, 1.807) is 0 Å². The molecule has 2 aliphatic heterocycles. The normalized spacial score (nSPS) is 24.5. The van der Waals surface area contributed by atoms with E-state index in [1.807, 2.05) is 0 Å². The molecule has 2 atom stereocenters. The molecule has 2 fully saturated rings. The van der Waals surface area contributed by atoms with Crippen LogP contribution in [0, 0.1) is 0 Å². The number of alkyl halides is 3. The Morgan fingerprint density at radius 1 is 1.26 bits per heavy atom. The van der Waals surface area contributed by atoms with Gasteiger partial charge in [0.15, 0.2) is 0 Å². The summed E-state index contributed by atoms with van der Waals surface area (Å²) < 4.78 is 39.8. The Hall–Kier alpha value is -1.35. The second kappa shape index (κ2) is 7.48. The van der Waals surface area contributed by atoms with Crippen LogP contribution in [0.2, 0.25) is 0 Å². The van der Waals surface area contributed by atoms with Crippen molar-refractivity contribution in [1.82, 2.24) is 20.4 Å². The van der Waals surface area contributed by atoms with Crippen molar-refractivity contribution in [3.05, 3.63) is 0 Å². The molecule has 0 aromatic rings. The minimum Gasteiger partial charge on any atom is -0.352 e. The monoisotopic (exact) mass is 336 g/mol. The second-order valence-electron chi connectivity index (χ2n) is 5.96. The molecular weight excluding hydrogens is 313 g/mol. The fourth-order valence-corrected chi connectivity index (χ4v) is 3.18. The largest absolute Gasteiger partial charge is 0.405 e. The van der Waals surface area contributed by atoms with Crippen molar-refractivity contribution >= 4 is 11.8 Å². The van der Waals surface area contributed by atoms with Gasteiger partial charge in [-0.15, -0.1) is 0 Å². The first-order valence-electron chi connectivity index (χ1n) is 7.87. The van der Waals surface area contributed by atoms with Gasteiger partial charge in [-0.25, -0.2) is 0 Å². The van der Waals surface area contributed by atoms with Crippen LogP contribution < -0.4 is 10.6 Å². The van der Waals surface area contributed by atoms with Crippen molar-refractivity contribution < 1.29 is 22.8 Å². The summed E-state index contributed by atoms with van der Waals surface area (Å²) in [6.07, 6.45) is -3.21. The third-order valence-corrected chi connectivity index (χ3v) is 4.40. The predicted octanol–water partition coefficient (Wildman–Crippen LogP) is -0.0504. The average Bonchev–Trinajstić information content (AvgIpc) is 2.96. The molecule has 2 amide bonds. The van der Waals surface area contributed by atoms with Crippen molar-refractivity contribution in [3.63, 3.8) is 0 Å². The highest BCUT2D eigenvalue weighted by Crippen LogP contribution is 2.25. The molecule has 0 bridgehead atoms. The van der Waals surface area contributed by atoms with Gasteiger partial charge in [-0.05, 0) is 12.8 Å². The number of nitrogens with one attached hydrogen (secondary N) is 2. The Morgan fingerprint density at radius 2 is 1.91 bits per heavy atom. The summed E-state index contributed by atoms with van der Waals surface area (Å²) in [4.78, 5) is 26.4. The third-order valence-electron chi connectivity index (χ3n) is 4.40. The predicted molar refractivity (Wildman–Crippen MR) is 77.7 cm³/mol. The number of carbonyl (C=O) groups is 2. The Morgan fingerprint density at radius 3 is 2.48 bits per heavy atom. The highest BCUT2D eigenvalue weighted by molar-refractivity contribution is 5.87. The van der Waals surface area contributed by atoms with E-state index in [0.717, 1.165) is 0 Å². The maximum absolute atomic E-state index is 13.3. The van der Waals surface area contributed by atoms with Gasteiger partial charge in [-0.1, -0.05) is 0 Å². The lowest BCUT2D eigenvalue weighted by molar-refractivity contribution is -0.184. The number of nitrogens with zero attached hydrogens (tertiary/aromatic N) is 2. The Kier molecular flexibility index (Phi) is 5.85. The van der Waals surface area contributed by atoms with Gasteiger partial charge in [-0.2, -0.15) is 13.2 Å². The lowest BCUT2D eigenvalue weighted by Gasteiger charge is -2.36. The SMILES string of the molecule is CC(=O)N1CCCC1C(=O)NCC(N1CCNCC1)C(F)(F)F. The molecule has 2 N–H and O–H groups in total. The maximum atomic E-state index is 13.3. The molecule has 2 unspecified atom stereocenters. The van der Waals surface area contributed by atoms with Crippen LogP contribution >= 0.6 is 0 Å². The van der Waals surface area contributed by atoms with Crippen molar-refractivity contribution in [2.24, 2.45) is 0 Å². The maximum Gasteiger partial charge on any atom is 0.405 e. The molecule has 6 nitrogen and oxygen atoms in total. The minimum atomic E-state index is -4.40. The first-order chi connectivity index (χ1) is 10.8. The van der Waals surface area contributed by atoms with Gasteiger partial charge in [0.05, 0.1) is 0 Å². The van der Waals surface area contributed by atoms with Gasteiger partial charge < -0.3 is 15.5 Å². The van der Waals surface area contributed by atoms with E-state index in [0.29, 0.717) is 45.6 Å². The molecule has 2 saturated heterocycles. The molecule has 2 rings (SSSR count). The first kappa shape index (κ1) is 18.0. The van der Waals surface area contributed by atoms with Gasteiger partial charge in [0.2, 0.25) is 11.8 Å². The zero-order chi connectivity index (χ0) is 17.0. The van der Waals surface area contributed by atoms with Gasteiger partial charge in [0, 0.05) is 46.2 Å². The zero-order valence-corrected chi connectivity index (χ0v) is 13.2. The lowest BCUT2D eigenvalue weighted by atomic mass is 10.1. The van der Waals surface area contributed by atoms with Gasteiger partial charge in [0.1, 0.15) is 12.1 Å². The number of carbonyl (C=O) groups excluding carboxylic acids is 2. The van der Waals surface area contributed by atoms with Crippen LogP contribution in [0.4, 0.5) is 13.2 Å². The van der Waals surface area contributed by atoms with Gasteiger partial charge in [0.25, 0.3) is 0 Å². The van der Waals surface area contributed by atoms with Crippen LogP contribution in [0.1, 0.15) is 19.8 Å². The molecule has 2 aliphatic rings. The summed E-state index contributed by atoms with van der Waals surface area (Å²) in [6, 6.07) is -2.34. The molecule has 9 heteroatoms. The Bertz CT molecular complexity index is 438. The number of piperazine rings is 1. The van der Waals surface area contributed by atoms with Crippen LogP contribution in [-0.2, 0) is 9.59 Å². The van der Waals surface area contributed by atoms with Crippen LogP contribution in [-0.4, -0.2) is 79.1 Å². The molecule has 23 heavy (non-hydrogen) atoms. The number of amides is 2. The Balaban J connectivity index is 1.95. The molecule has 2 heterocycles. The summed E-state index contributed by atoms with van der Waals surface area (Å²) in [6.45, 7) is 2.96. The zero-order valence-electron chi connectivity index (χ0n) is 13.2. The lowest BCUT2D eigenvalue weighted by Crippen LogP contribution is -2.58. The summed E-state index contributed by atoms with van der Waals surface area (Å²) in [5, 5.41) is 5.41. The molecule has 0 aromatic carbocycles. The quantitative estimate of drug-likeness (QED) is 0.756. The van der Waals surface area contributed by atoms with Crippen LogP contribution in [0.25, 0.3) is 0 Å². The van der Waals surface area contributed by atoms with E-state index < -0.39 is 30.7 Å². The molecular formula is C14H23F3N4O2. The van der Waals surface area contributed by atoms with Gasteiger partial charge in [-0.3, -0.25) is 14.5 Å². The number of likely N-dealkylation sites (tertiary alicyclic amines) is 1. The highest BCUT2D eigenvalue weighted by atomic mass is 19.4. The molecule has 0 radical (unpaired) electrons. The van der Waals surface area contributed by atoms with E-state index >= 15 is 0 Å². The molecule has 132 valence electrons. The van der Waals surface area contributed by atoms with Gasteiger partial charge >= 0.3 is 6.18 Å². The van der Waals surface area contributed by atoms with Crippen LogP contribution in [0.3, 0.4) is 0 Å².